The van der Waals surface area contributed by atoms with Crippen molar-refractivity contribution in [3.63, 3.8) is 0 Å². The lowest BCUT2D eigenvalue weighted by atomic mass is 10.1. The molecule has 1 rings (SSSR count). The molecule has 0 radical (unpaired) electrons. The summed E-state index contributed by atoms with van der Waals surface area (Å²) in [6.07, 6.45) is 0. The first kappa shape index (κ1) is 12.1. The highest BCUT2D eigenvalue weighted by atomic mass is 35.5. The molecule has 0 atom stereocenters. The first-order chi connectivity index (χ1) is 7.67. The lowest BCUT2D eigenvalue weighted by Crippen LogP contribution is -1.99. The van der Waals surface area contributed by atoms with Gasteiger partial charge >= 0.3 is 5.97 Å². The monoisotopic (exact) mass is 233 g/mol. The Labute approximate surface area is 98.6 Å². The number of ether oxygens (including phenoxy) is 1. The van der Waals surface area contributed by atoms with E-state index < -0.39 is 5.97 Å². The Morgan fingerprint density at radius 3 is 2.88 bits per heavy atom. The number of benzene rings is 1. The van der Waals surface area contributed by atoms with Gasteiger partial charge in [-0.25, -0.2) is 4.79 Å². The van der Waals surface area contributed by atoms with Crippen LogP contribution in [0, 0.1) is 23.2 Å². The largest absolute Gasteiger partial charge is 0.456 e. The smallest absolute Gasteiger partial charge is 0.384 e. The molecule has 0 spiro atoms. The quantitative estimate of drug-likeness (QED) is 0.552. The molecule has 0 aliphatic carbocycles. The van der Waals surface area contributed by atoms with Crippen molar-refractivity contribution >= 4 is 17.6 Å². The zero-order valence-electron chi connectivity index (χ0n) is 8.58. The average molecular weight is 234 g/mol. The van der Waals surface area contributed by atoms with E-state index in [0.717, 1.165) is 0 Å². The number of hydrogen-bond acceptors (Lipinski definition) is 3. The summed E-state index contributed by atoms with van der Waals surface area (Å²) in [6, 6.07) is 6.63. The van der Waals surface area contributed by atoms with Crippen molar-refractivity contribution in [1.82, 2.24) is 0 Å². The summed E-state index contributed by atoms with van der Waals surface area (Å²) < 4.78 is 4.64. The zero-order valence-corrected chi connectivity index (χ0v) is 9.34. The number of halogens is 1. The average Bonchev–Trinajstić information content (AvgIpc) is 2.27. The second-order valence-electron chi connectivity index (χ2n) is 2.78. The highest BCUT2D eigenvalue weighted by Crippen LogP contribution is 2.16. The van der Waals surface area contributed by atoms with E-state index in [2.05, 4.69) is 16.6 Å². The summed E-state index contributed by atoms with van der Waals surface area (Å²) in [5, 5.41) is 8.97. The SMILES string of the molecule is CCOC(=O)C#Cc1ccc(C#N)cc1Cl. The van der Waals surface area contributed by atoms with Crippen LogP contribution in [0.5, 0.6) is 0 Å². The summed E-state index contributed by atoms with van der Waals surface area (Å²) in [6.45, 7) is 1.99. The maximum absolute atomic E-state index is 11.0. The van der Waals surface area contributed by atoms with E-state index in [1.165, 1.54) is 6.07 Å². The molecule has 1 aromatic carbocycles. The highest BCUT2D eigenvalue weighted by Gasteiger charge is 1.99. The fraction of sp³-hybridized carbons (Fsp3) is 0.167. The van der Waals surface area contributed by atoms with E-state index in [1.807, 2.05) is 6.07 Å². The van der Waals surface area contributed by atoms with Gasteiger partial charge in [0.15, 0.2) is 0 Å². The van der Waals surface area contributed by atoms with E-state index in [0.29, 0.717) is 16.1 Å². The lowest BCUT2D eigenvalue weighted by Gasteiger charge is -1.95. The summed E-state index contributed by atoms with van der Waals surface area (Å²) in [5.74, 6) is 4.29. The van der Waals surface area contributed by atoms with Crippen molar-refractivity contribution in [3.8, 4) is 17.9 Å². The molecule has 0 saturated carbocycles. The summed E-state index contributed by atoms with van der Waals surface area (Å²) in [7, 11) is 0. The molecule has 1 aromatic rings. The zero-order chi connectivity index (χ0) is 12.0. The third-order valence-corrected chi connectivity index (χ3v) is 1.99. The maximum Gasteiger partial charge on any atom is 0.384 e. The van der Waals surface area contributed by atoms with Gasteiger partial charge in [0, 0.05) is 11.5 Å². The molecule has 0 fully saturated rings. The predicted octanol–water partition coefficient (Wildman–Crippen LogP) is 2.13. The van der Waals surface area contributed by atoms with Crippen LogP contribution in [0.15, 0.2) is 18.2 Å². The van der Waals surface area contributed by atoms with Crippen LogP contribution in [0.4, 0.5) is 0 Å². The van der Waals surface area contributed by atoms with Crippen molar-refractivity contribution in [2.45, 2.75) is 6.92 Å². The number of carbonyl (C=O) groups excluding carboxylic acids is 1. The number of rotatable bonds is 1. The standard InChI is InChI=1S/C12H8ClNO2/c1-2-16-12(15)6-5-10-4-3-9(8-14)7-11(10)13/h3-4,7H,2H2,1H3. The molecule has 0 heterocycles. The Kier molecular flexibility index (Phi) is 4.39. The number of carbonyl (C=O) groups is 1. The molecule has 80 valence electrons. The molecule has 0 amide bonds. The third-order valence-electron chi connectivity index (χ3n) is 1.67. The van der Waals surface area contributed by atoms with Gasteiger partial charge in [-0.05, 0) is 25.1 Å². The van der Waals surface area contributed by atoms with Crippen LogP contribution in [-0.4, -0.2) is 12.6 Å². The van der Waals surface area contributed by atoms with Crippen LogP contribution < -0.4 is 0 Å². The van der Waals surface area contributed by atoms with Crippen LogP contribution in [0.2, 0.25) is 5.02 Å². The Hall–Kier alpha value is -1.97. The maximum atomic E-state index is 11.0. The van der Waals surface area contributed by atoms with Gasteiger partial charge in [0.05, 0.1) is 23.3 Å². The summed E-state index contributed by atoms with van der Waals surface area (Å²) >= 11 is 5.86. The van der Waals surface area contributed by atoms with Crippen LogP contribution in [0.1, 0.15) is 18.1 Å². The Balaban J connectivity index is 2.90. The molecule has 3 nitrogen and oxygen atoms in total. The van der Waals surface area contributed by atoms with Gasteiger partial charge in [-0.1, -0.05) is 17.5 Å². The Bertz CT molecular complexity index is 506. The molecule has 0 aromatic heterocycles. The second kappa shape index (κ2) is 5.80. The fourth-order valence-corrected chi connectivity index (χ4v) is 1.20. The molecule has 0 bridgehead atoms. The van der Waals surface area contributed by atoms with Crippen molar-refractivity contribution in [1.29, 1.82) is 5.26 Å². The lowest BCUT2D eigenvalue weighted by molar-refractivity contribution is -0.136. The van der Waals surface area contributed by atoms with Crippen molar-refractivity contribution in [2.24, 2.45) is 0 Å². The minimum Gasteiger partial charge on any atom is -0.456 e. The van der Waals surface area contributed by atoms with Crippen LogP contribution in [0.3, 0.4) is 0 Å². The molecule has 0 unspecified atom stereocenters. The number of hydrogen-bond donors (Lipinski definition) is 0. The van der Waals surface area contributed by atoms with E-state index in [-0.39, 0.29) is 6.61 Å². The van der Waals surface area contributed by atoms with E-state index in [4.69, 9.17) is 16.9 Å². The Morgan fingerprint density at radius 2 is 2.31 bits per heavy atom. The topological polar surface area (TPSA) is 50.1 Å². The van der Waals surface area contributed by atoms with Gasteiger partial charge in [0.25, 0.3) is 0 Å². The van der Waals surface area contributed by atoms with E-state index in [9.17, 15) is 4.79 Å². The highest BCUT2D eigenvalue weighted by molar-refractivity contribution is 6.31. The van der Waals surface area contributed by atoms with Crippen LogP contribution in [-0.2, 0) is 9.53 Å². The first-order valence-corrected chi connectivity index (χ1v) is 4.93. The number of esters is 1. The third kappa shape index (κ3) is 3.31. The molecular weight excluding hydrogens is 226 g/mol. The van der Waals surface area contributed by atoms with Gasteiger partial charge in [-0.15, -0.1) is 0 Å². The number of nitrogens with zero attached hydrogens (tertiary/aromatic N) is 1. The fourth-order valence-electron chi connectivity index (χ4n) is 0.972. The van der Waals surface area contributed by atoms with Crippen molar-refractivity contribution < 1.29 is 9.53 Å². The number of nitriles is 1. The van der Waals surface area contributed by atoms with E-state index in [1.54, 1.807) is 19.1 Å². The second-order valence-corrected chi connectivity index (χ2v) is 3.18. The van der Waals surface area contributed by atoms with Gasteiger partial charge in [-0.2, -0.15) is 5.26 Å². The van der Waals surface area contributed by atoms with Gasteiger partial charge in [0.1, 0.15) is 0 Å². The normalized spacial score (nSPS) is 8.56. The molecule has 0 aliphatic heterocycles. The predicted molar refractivity (Wildman–Crippen MR) is 59.7 cm³/mol. The molecule has 0 N–H and O–H groups in total. The van der Waals surface area contributed by atoms with Gasteiger partial charge < -0.3 is 4.74 Å². The van der Waals surface area contributed by atoms with Crippen LogP contribution in [0.25, 0.3) is 0 Å². The Morgan fingerprint density at radius 1 is 1.56 bits per heavy atom. The molecule has 0 aliphatic rings. The van der Waals surface area contributed by atoms with Crippen molar-refractivity contribution in [3.05, 3.63) is 34.3 Å². The minimum atomic E-state index is -0.595. The van der Waals surface area contributed by atoms with Gasteiger partial charge in [-0.3, -0.25) is 0 Å². The van der Waals surface area contributed by atoms with Crippen LogP contribution >= 0.6 is 11.6 Å². The first-order valence-electron chi connectivity index (χ1n) is 4.55. The molecule has 0 saturated heterocycles. The van der Waals surface area contributed by atoms with Crippen molar-refractivity contribution in [2.75, 3.05) is 6.61 Å². The molecule has 16 heavy (non-hydrogen) atoms. The summed E-state index contributed by atoms with van der Waals surface area (Å²) in [4.78, 5) is 11.0. The van der Waals surface area contributed by atoms with Gasteiger partial charge in [0.2, 0.25) is 0 Å². The molecular formula is C12H8ClNO2. The molecule has 4 heteroatoms. The summed E-state index contributed by atoms with van der Waals surface area (Å²) in [5.41, 5.74) is 0.945. The van der Waals surface area contributed by atoms with E-state index >= 15 is 0 Å². The minimum absolute atomic E-state index is 0.286.